The molecule has 1 saturated carbocycles. The summed E-state index contributed by atoms with van der Waals surface area (Å²) >= 11 is 13.3. The molecule has 3 saturated heterocycles. The molecular weight excluding hydrogens is 647 g/mol. The second kappa shape index (κ2) is 16.1. The summed E-state index contributed by atoms with van der Waals surface area (Å²) < 4.78 is 13.9. The zero-order valence-electron chi connectivity index (χ0n) is 27.9. The molecule has 48 heavy (non-hydrogen) atoms. The third-order valence-electron chi connectivity index (χ3n) is 11.2. The van der Waals surface area contributed by atoms with Gasteiger partial charge in [-0.05, 0) is 72.7 Å². The van der Waals surface area contributed by atoms with E-state index < -0.39 is 5.60 Å². The number of halogens is 2. The van der Waals surface area contributed by atoms with Crippen molar-refractivity contribution in [3.8, 4) is 11.5 Å². The minimum Gasteiger partial charge on any atom is -0.508 e. The number of hydrogen-bond donors (Lipinski definition) is 4. The number of phenols is 1. The fourth-order valence-corrected chi connectivity index (χ4v) is 8.98. The molecule has 260 valence electrons. The van der Waals surface area contributed by atoms with Crippen LogP contribution in [0.15, 0.2) is 60.7 Å². The molecule has 0 amide bonds. The third kappa shape index (κ3) is 8.32. The highest BCUT2D eigenvalue weighted by Crippen LogP contribution is 2.43. The number of fused-ring (bicyclic) bond motifs is 3. The number of nitrogens with zero attached hydrogens (tertiary/aromatic N) is 1. The molecule has 1 aliphatic carbocycles. The number of benzene rings is 3. The van der Waals surface area contributed by atoms with Crippen LogP contribution in [0, 0.1) is 11.8 Å². The zero-order chi connectivity index (χ0) is 33.6. The summed E-state index contributed by atoms with van der Waals surface area (Å²) in [5, 5.41) is 35.6. The molecule has 4 aliphatic rings. The van der Waals surface area contributed by atoms with Gasteiger partial charge in [-0.2, -0.15) is 0 Å². The highest BCUT2D eigenvalue weighted by atomic mass is 35.5. The third-order valence-corrected chi connectivity index (χ3v) is 11.7. The predicted molar refractivity (Wildman–Crippen MR) is 191 cm³/mol. The van der Waals surface area contributed by atoms with Crippen LogP contribution in [0.4, 0.5) is 0 Å². The molecule has 3 heterocycles. The van der Waals surface area contributed by atoms with E-state index in [0.717, 1.165) is 66.5 Å². The van der Waals surface area contributed by atoms with Gasteiger partial charge in [-0.25, -0.2) is 0 Å². The molecule has 2 atom stereocenters. The quantitative estimate of drug-likeness (QED) is 0.0953. The molecule has 2 bridgehead atoms. The van der Waals surface area contributed by atoms with E-state index in [9.17, 15) is 15.3 Å². The first kappa shape index (κ1) is 35.5. The number of piperidine rings is 3. The van der Waals surface area contributed by atoms with Gasteiger partial charge in [0.05, 0.1) is 49.5 Å². The van der Waals surface area contributed by atoms with E-state index in [1.165, 1.54) is 38.8 Å². The highest BCUT2D eigenvalue weighted by Gasteiger charge is 2.48. The van der Waals surface area contributed by atoms with Crippen molar-refractivity contribution in [2.24, 2.45) is 11.8 Å². The van der Waals surface area contributed by atoms with Crippen molar-refractivity contribution in [1.82, 2.24) is 5.32 Å². The summed E-state index contributed by atoms with van der Waals surface area (Å²) in [6.07, 6.45) is 8.67. The molecule has 7 nitrogen and oxygen atoms in total. The first-order valence-electron chi connectivity index (χ1n) is 17.8. The van der Waals surface area contributed by atoms with E-state index >= 15 is 0 Å². The Hall–Kier alpha value is -2.36. The van der Waals surface area contributed by atoms with Crippen molar-refractivity contribution in [3.63, 3.8) is 0 Å². The first-order chi connectivity index (χ1) is 23.3. The average Bonchev–Trinajstić information content (AvgIpc) is 3.66. The van der Waals surface area contributed by atoms with Gasteiger partial charge in [0, 0.05) is 37.3 Å². The Kier molecular flexibility index (Phi) is 11.9. The van der Waals surface area contributed by atoms with Gasteiger partial charge in [0.2, 0.25) is 0 Å². The molecule has 4 N–H and O–H groups in total. The van der Waals surface area contributed by atoms with Crippen LogP contribution in [-0.4, -0.2) is 71.8 Å². The second-order valence-corrected chi connectivity index (χ2v) is 15.1. The van der Waals surface area contributed by atoms with E-state index in [1.54, 1.807) is 6.07 Å². The van der Waals surface area contributed by atoms with Crippen molar-refractivity contribution in [2.75, 3.05) is 45.9 Å². The number of aliphatic hydroxyl groups is 2. The Bertz CT molecular complexity index is 1470. The number of hydrogen-bond acceptors (Lipinski definition) is 6. The average molecular weight is 699 g/mol. The molecule has 4 fully saturated rings. The van der Waals surface area contributed by atoms with E-state index in [1.807, 2.05) is 42.5 Å². The summed E-state index contributed by atoms with van der Waals surface area (Å²) in [5.41, 5.74) is 2.62. The summed E-state index contributed by atoms with van der Waals surface area (Å²) in [7, 11) is 0. The second-order valence-electron chi connectivity index (χ2n) is 14.3. The standard InChI is InChI=1S/C39H50Cl2N2O5/c40-34-22-29(24-42-16-13-28-11-12-36(45)31(21-28)26-44)23-35(41)38(34)47-20-6-17-43-18-14-30(15-19-43)37(25-43)48-27-39(46,33-9-4-5-10-33)32-7-2-1-3-8-32/h1-3,7-8,11-12,21-23,30,33,37,42,44,46H,4-6,9-10,13-20,24-27H2/p+1/t30?,37-,39+,43?/m1/s1. The van der Waals surface area contributed by atoms with Crippen LogP contribution in [0.3, 0.4) is 0 Å². The van der Waals surface area contributed by atoms with Gasteiger partial charge in [0.15, 0.2) is 5.75 Å². The van der Waals surface area contributed by atoms with Gasteiger partial charge >= 0.3 is 0 Å². The number of aromatic hydroxyl groups is 1. The Morgan fingerprint density at radius 2 is 1.65 bits per heavy atom. The lowest BCUT2D eigenvalue weighted by Gasteiger charge is -2.53. The molecule has 0 spiro atoms. The van der Waals surface area contributed by atoms with Crippen molar-refractivity contribution >= 4 is 23.2 Å². The van der Waals surface area contributed by atoms with Crippen molar-refractivity contribution in [1.29, 1.82) is 0 Å². The number of quaternary nitrogens is 1. The number of nitrogens with one attached hydrogen (secondary N) is 1. The molecule has 3 aromatic rings. The molecule has 3 aromatic carbocycles. The minimum absolute atomic E-state index is 0.114. The van der Waals surface area contributed by atoms with E-state index in [4.69, 9.17) is 32.7 Å². The summed E-state index contributed by atoms with van der Waals surface area (Å²) in [6, 6.07) is 19.3. The van der Waals surface area contributed by atoms with Gasteiger partial charge in [0.1, 0.15) is 24.0 Å². The van der Waals surface area contributed by atoms with Crippen LogP contribution in [0.25, 0.3) is 0 Å². The molecule has 0 aromatic heterocycles. The molecule has 7 rings (SSSR count). The lowest BCUT2D eigenvalue weighted by molar-refractivity contribution is -0.946. The van der Waals surface area contributed by atoms with Gasteiger partial charge in [-0.3, -0.25) is 0 Å². The first-order valence-corrected chi connectivity index (χ1v) is 18.5. The van der Waals surface area contributed by atoms with Crippen LogP contribution in [0.1, 0.15) is 67.2 Å². The van der Waals surface area contributed by atoms with Crippen LogP contribution in [0.5, 0.6) is 11.5 Å². The maximum atomic E-state index is 12.0. The number of aliphatic hydroxyl groups excluding tert-OH is 1. The fraction of sp³-hybridized carbons (Fsp3) is 0.538. The van der Waals surface area contributed by atoms with E-state index in [0.29, 0.717) is 47.0 Å². The molecule has 0 unspecified atom stereocenters. The summed E-state index contributed by atoms with van der Waals surface area (Å²) in [4.78, 5) is 0. The van der Waals surface area contributed by atoms with Crippen molar-refractivity contribution < 1.29 is 29.3 Å². The molecule has 9 heteroatoms. The van der Waals surface area contributed by atoms with Gasteiger partial charge in [-0.1, -0.05) is 72.4 Å². The molecule has 0 radical (unpaired) electrons. The highest BCUT2D eigenvalue weighted by molar-refractivity contribution is 6.37. The van der Waals surface area contributed by atoms with Crippen molar-refractivity contribution in [2.45, 2.75) is 76.2 Å². The van der Waals surface area contributed by atoms with E-state index in [-0.39, 0.29) is 24.4 Å². The van der Waals surface area contributed by atoms with Gasteiger partial charge < -0.3 is 34.6 Å². The molecular formula is C39H51Cl2N2O5+. The maximum Gasteiger partial charge on any atom is 0.156 e. The number of rotatable bonds is 16. The van der Waals surface area contributed by atoms with Crippen LogP contribution in [0.2, 0.25) is 10.0 Å². The van der Waals surface area contributed by atoms with Crippen LogP contribution >= 0.6 is 23.2 Å². The summed E-state index contributed by atoms with van der Waals surface area (Å²) in [6.45, 7) is 6.44. The SMILES string of the molecule is OCc1cc(CCNCc2cc(Cl)c(OCCC[N+]34CCC(CC3)[C@H](OC[C@](O)(c3ccccc3)C3CCCC3)C4)c(Cl)c2)ccc1O. The van der Waals surface area contributed by atoms with Crippen LogP contribution in [-0.2, 0) is 29.9 Å². The monoisotopic (exact) mass is 697 g/mol. The normalized spacial score (nSPS) is 23.8. The Labute approximate surface area is 295 Å². The number of ether oxygens (including phenoxy) is 2. The Balaban J connectivity index is 0.968. The lowest BCUT2D eigenvalue weighted by Crippen LogP contribution is -2.65. The Morgan fingerprint density at radius 3 is 2.35 bits per heavy atom. The predicted octanol–water partition coefficient (Wildman–Crippen LogP) is 7.00. The Morgan fingerprint density at radius 1 is 0.917 bits per heavy atom. The topological polar surface area (TPSA) is 91.2 Å². The maximum absolute atomic E-state index is 12.0. The molecule has 3 aliphatic heterocycles. The zero-order valence-corrected chi connectivity index (χ0v) is 29.4. The van der Waals surface area contributed by atoms with Gasteiger partial charge in [-0.15, -0.1) is 0 Å². The lowest BCUT2D eigenvalue weighted by atomic mass is 9.80. The van der Waals surface area contributed by atoms with E-state index in [2.05, 4.69) is 17.4 Å². The largest absolute Gasteiger partial charge is 0.508 e. The van der Waals surface area contributed by atoms with Gasteiger partial charge in [0.25, 0.3) is 0 Å². The summed E-state index contributed by atoms with van der Waals surface area (Å²) in [5.74, 6) is 1.47. The minimum atomic E-state index is -0.925. The smallest absolute Gasteiger partial charge is 0.156 e. The van der Waals surface area contributed by atoms with Crippen LogP contribution < -0.4 is 10.1 Å². The fourth-order valence-electron chi connectivity index (χ4n) is 8.34. The van der Waals surface area contributed by atoms with Crippen molar-refractivity contribution in [3.05, 3.63) is 93.0 Å².